The van der Waals surface area contributed by atoms with Crippen molar-refractivity contribution in [3.8, 4) is 0 Å². The Morgan fingerprint density at radius 1 is 1.15 bits per heavy atom. The second-order valence-electron chi connectivity index (χ2n) is 7.43. The highest BCUT2D eigenvalue weighted by Gasteiger charge is 2.53. The number of hydrogen-bond donors (Lipinski definition) is 1. The predicted molar refractivity (Wildman–Crippen MR) is 78.1 cm³/mol. The summed E-state index contributed by atoms with van der Waals surface area (Å²) in [5.74, 6) is 1.77. The molecule has 2 fully saturated rings. The van der Waals surface area contributed by atoms with Gasteiger partial charge in [0.15, 0.2) is 0 Å². The topological polar surface area (TPSA) is 37.3 Å². The van der Waals surface area contributed by atoms with Gasteiger partial charge in [-0.05, 0) is 67.9 Å². The molecule has 4 aliphatic carbocycles. The van der Waals surface area contributed by atoms with Gasteiger partial charge in [-0.25, -0.2) is 0 Å². The quantitative estimate of drug-likeness (QED) is 0.732. The molecule has 2 nitrogen and oxygen atoms in total. The van der Waals surface area contributed by atoms with Crippen LogP contribution in [-0.4, -0.2) is 17.0 Å². The molecule has 0 saturated heterocycles. The SMILES string of the molecule is C[C@]12CCC3=C4CC[C@H](O)C=C4CC[C@H]3C1CCC2=O. The van der Waals surface area contributed by atoms with Crippen molar-refractivity contribution in [2.75, 3.05) is 0 Å². The summed E-state index contributed by atoms with van der Waals surface area (Å²) in [4.78, 5) is 12.3. The van der Waals surface area contributed by atoms with Crippen LogP contribution in [0.2, 0.25) is 0 Å². The third-order valence-electron chi connectivity index (χ3n) is 6.57. The number of rotatable bonds is 0. The van der Waals surface area contributed by atoms with E-state index >= 15 is 0 Å². The Labute approximate surface area is 120 Å². The van der Waals surface area contributed by atoms with Crippen LogP contribution in [-0.2, 0) is 4.79 Å². The van der Waals surface area contributed by atoms with Gasteiger partial charge in [0.1, 0.15) is 5.78 Å². The molecule has 4 atom stereocenters. The molecule has 2 heteroatoms. The Kier molecular flexibility index (Phi) is 2.76. The Hall–Kier alpha value is -0.890. The molecule has 4 aliphatic rings. The fourth-order valence-electron chi connectivity index (χ4n) is 5.42. The lowest BCUT2D eigenvalue weighted by atomic mass is 9.57. The first-order valence-electron chi connectivity index (χ1n) is 8.24. The molecule has 0 spiro atoms. The fourth-order valence-corrected chi connectivity index (χ4v) is 5.42. The Morgan fingerprint density at radius 3 is 2.85 bits per heavy atom. The van der Waals surface area contributed by atoms with Crippen molar-refractivity contribution in [3.05, 3.63) is 22.8 Å². The Bertz CT molecular complexity index is 528. The van der Waals surface area contributed by atoms with Gasteiger partial charge in [0.05, 0.1) is 6.10 Å². The van der Waals surface area contributed by atoms with Crippen LogP contribution in [0.1, 0.15) is 58.3 Å². The largest absolute Gasteiger partial charge is 0.389 e. The summed E-state index contributed by atoms with van der Waals surface area (Å²) in [5.41, 5.74) is 4.62. The van der Waals surface area contributed by atoms with Crippen molar-refractivity contribution in [2.24, 2.45) is 17.3 Å². The molecule has 108 valence electrons. The summed E-state index contributed by atoms with van der Waals surface area (Å²) in [6.45, 7) is 2.23. The van der Waals surface area contributed by atoms with Gasteiger partial charge in [-0.2, -0.15) is 0 Å². The molecule has 20 heavy (non-hydrogen) atoms. The minimum atomic E-state index is -0.229. The lowest BCUT2D eigenvalue weighted by molar-refractivity contribution is -0.128. The van der Waals surface area contributed by atoms with Crippen molar-refractivity contribution in [3.63, 3.8) is 0 Å². The summed E-state index contributed by atoms with van der Waals surface area (Å²) >= 11 is 0. The molecule has 0 amide bonds. The molecule has 0 aliphatic heterocycles. The van der Waals surface area contributed by atoms with Crippen molar-refractivity contribution in [1.82, 2.24) is 0 Å². The third-order valence-corrected chi connectivity index (χ3v) is 6.57. The van der Waals surface area contributed by atoms with E-state index in [0.29, 0.717) is 17.6 Å². The number of ketones is 1. The lowest BCUT2D eigenvalue weighted by Gasteiger charge is -2.46. The van der Waals surface area contributed by atoms with E-state index in [2.05, 4.69) is 13.0 Å². The van der Waals surface area contributed by atoms with Crippen LogP contribution >= 0.6 is 0 Å². The van der Waals surface area contributed by atoms with Gasteiger partial charge in [-0.1, -0.05) is 18.6 Å². The Morgan fingerprint density at radius 2 is 2.00 bits per heavy atom. The molecule has 0 aromatic rings. The molecule has 2 saturated carbocycles. The average molecular weight is 272 g/mol. The van der Waals surface area contributed by atoms with Crippen LogP contribution in [0, 0.1) is 17.3 Å². The summed E-state index contributed by atoms with van der Waals surface area (Å²) < 4.78 is 0. The average Bonchev–Trinajstić information content (AvgIpc) is 2.74. The van der Waals surface area contributed by atoms with Crippen molar-refractivity contribution >= 4 is 5.78 Å². The molecular formula is C18H24O2. The maximum Gasteiger partial charge on any atom is 0.139 e. The number of carbonyl (C=O) groups is 1. The van der Waals surface area contributed by atoms with E-state index in [0.717, 1.165) is 44.9 Å². The summed E-state index contributed by atoms with van der Waals surface area (Å²) in [5, 5.41) is 9.83. The monoisotopic (exact) mass is 272 g/mol. The van der Waals surface area contributed by atoms with Gasteiger partial charge in [-0.15, -0.1) is 0 Å². The van der Waals surface area contributed by atoms with E-state index < -0.39 is 0 Å². The van der Waals surface area contributed by atoms with Crippen LogP contribution in [0.15, 0.2) is 22.8 Å². The van der Waals surface area contributed by atoms with Crippen LogP contribution < -0.4 is 0 Å². The molecule has 0 bridgehead atoms. The van der Waals surface area contributed by atoms with E-state index in [-0.39, 0.29) is 11.5 Å². The van der Waals surface area contributed by atoms with Gasteiger partial charge >= 0.3 is 0 Å². The van der Waals surface area contributed by atoms with Gasteiger partial charge in [0.25, 0.3) is 0 Å². The van der Waals surface area contributed by atoms with Gasteiger partial charge in [-0.3, -0.25) is 4.79 Å². The Balaban J connectivity index is 1.74. The first-order chi connectivity index (χ1) is 9.59. The van der Waals surface area contributed by atoms with E-state index in [4.69, 9.17) is 0 Å². The van der Waals surface area contributed by atoms with Crippen molar-refractivity contribution < 1.29 is 9.90 Å². The normalized spacial score (nSPS) is 43.8. The number of carbonyl (C=O) groups excluding carboxylic acids is 1. The minimum Gasteiger partial charge on any atom is -0.389 e. The fraction of sp³-hybridized carbons (Fsp3) is 0.722. The molecule has 0 heterocycles. The zero-order chi connectivity index (χ0) is 13.9. The van der Waals surface area contributed by atoms with E-state index in [1.165, 1.54) is 12.0 Å². The zero-order valence-electron chi connectivity index (χ0n) is 12.3. The molecule has 1 unspecified atom stereocenters. The first kappa shape index (κ1) is 12.8. The van der Waals surface area contributed by atoms with E-state index in [1.807, 2.05) is 0 Å². The lowest BCUT2D eigenvalue weighted by Crippen LogP contribution is -2.40. The van der Waals surface area contributed by atoms with Crippen molar-refractivity contribution in [1.29, 1.82) is 0 Å². The van der Waals surface area contributed by atoms with Crippen LogP contribution in [0.3, 0.4) is 0 Å². The number of allylic oxidation sites excluding steroid dienone is 3. The van der Waals surface area contributed by atoms with E-state index in [9.17, 15) is 9.90 Å². The molecule has 0 radical (unpaired) electrons. The zero-order valence-corrected chi connectivity index (χ0v) is 12.3. The molecular weight excluding hydrogens is 248 g/mol. The number of aliphatic hydroxyl groups excluding tert-OH is 1. The van der Waals surface area contributed by atoms with Crippen LogP contribution in [0.4, 0.5) is 0 Å². The standard InChI is InChI=1S/C18H24O2/c1-18-9-8-14-13-5-3-12(19)10-11(13)2-4-15(14)16(18)6-7-17(18)20/h10,12,15-16,19H,2-9H2,1H3/t12-,15+,16?,18-/m0/s1. The third kappa shape index (κ3) is 1.64. The second-order valence-corrected chi connectivity index (χ2v) is 7.43. The number of Topliss-reactive ketones (excluding diaryl/α,β-unsaturated/α-hetero) is 1. The molecule has 0 aromatic carbocycles. The maximum atomic E-state index is 12.3. The van der Waals surface area contributed by atoms with Crippen LogP contribution in [0.5, 0.6) is 0 Å². The summed E-state index contributed by atoms with van der Waals surface area (Å²) in [6.07, 6.45) is 10.2. The van der Waals surface area contributed by atoms with Gasteiger partial charge in [0, 0.05) is 11.8 Å². The second kappa shape index (κ2) is 4.30. The molecule has 4 rings (SSSR count). The smallest absolute Gasteiger partial charge is 0.139 e. The highest BCUT2D eigenvalue weighted by molar-refractivity contribution is 5.87. The summed E-state index contributed by atoms with van der Waals surface area (Å²) in [7, 11) is 0. The van der Waals surface area contributed by atoms with Crippen molar-refractivity contribution in [2.45, 2.75) is 64.4 Å². The number of aliphatic hydroxyl groups is 1. The van der Waals surface area contributed by atoms with Crippen LogP contribution in [0.25, 0.3) is 0 Å². The summed E-state index contributed by atoms with van der Waals surface area (Å²) in [6, 6.07) is 0. The minimum absolute atomic E-state index is 0.0237. The molecule has 0 aromatic heterocycles. The van der Waals surface area contributed by atoms with Gasteiger partial charge < -0.3 is 5.11 Å². The highest BCUT2D eigenvalue weighted by atomic mass is 16.3. The first-order valence-corrected chi connectivity index (χ1v) is 8.24. The van der Waals surface area contributed by atoms with E-state index in [1.54, 1.807) is 11.1 Å². The maximum absolute atomic E-state index is 12.3. The predicted octanol–water partition coefficient (Wildman–Crippen LogP) is 3.55. The highest BCUT2D eigenvalue weighted by Crippen LogP contribution is 2.58. The number of fused-ring (bicyclic) bond motifs is 4. The number of hydrogen-bond acceptors (Lipinski definition) is 2. The van der Waals surface area contributed by atoms with Gasteiger partial charge in [0.2, 0.25) is 0 Å². The molecule has 1 N–H and O–H groups in total.